The Labute approximate surface area is 115 Å². The van der Waals surface area contributed by atoms with E-state index in [1.807, 2.05) is 24.6 Å². The van der Waals surface area contributed by atoms with E-state index in [1.165, 1.54) is 0 Å². The van der Waals surface area contributed by atoms with Crippen LogP contribution in [-0.4, -0.2) is 15.6 Å². The third-order valence-electron chi connectivity index (χ3n) is 3.43. The van der Waals surface area contributed by atoms with Crippen LogP contribution in [0.1, 0.15) is 16.8 Å². The smallest absolute Gasteiger partial charge is 0.308 e. The fourth-order valence-electron chi connectivity index (χ4n) is 2.36. The molecule has 1 heterocycles. The van der Waals surface area contributed by atoms with Crippen LogP contribution in [0.5, 0.6) is 0 Å². The van der Waals surface area contributed by atoms with Crippen molar-refractivity contribution in [2.75, 3.05) is 0 Å². The Morgan fingerprint density at radius 1 is 1.37 bits per heavy atom. The third kappa shape index (κ3) is 2.12. The number of nitrogens with zero attached hydrogens (tertiary/aromatic N) is 1. The zero-order valence-electron chi connectivity index (χ0n) is 11.0. The number of carbonyl (C=O) groups is 1. The molecule has 1 N–H and O–H groups in total. The molecule has 0 bridgehead atoms. The Bertz CT molecular complexity index is 747. The molecular formula is C14H14ClNO3. The number of hydrogen-bond donors (Lipinski definition) is 1. The van der Waals surface area contributed by atoms with Crippen molar-refractivity contribution >= 4 is 28.5 Å². The summed E-state index contributed by atoms with van der Waals surface area (Å²) in [6.07, 6.45) is -0.293. The lowest BCUT2D eigenvalue weighted by molar-refractivity contribution is -0.136. The summed E-state index contributed by atoms with van der Waals surface area (Å²) in [6, 6.07) is 3.51. The minimum atomic E-state index is -1.02. The van der Waals surface area contributed by atoms with Crippen LogP contribution in [0, 0.1) is 13.8 Å². The molecule has 0 spiro atoms. The normalized spacial score (nSPS) is 10.9. The van der Waals surface area contributed by atoms with E-state index in [2.05, 4.69) is 0 Å². The van der Waals surface area contributed by atoms with E-state index in [0.717, 1.165) is 11.1 Å². The molecule has 5 heteroatoms. The van der Waals surface area contributed by atoms with Crippen molar-refractivity contribution in [3.63, 3.8) is 0 Å². The van der Waals surface area contributed by atoms with Crippen LogP contribution < -0.4 is 5.43 Å². The lowest BCUT2D eigenvalue weighted by Crippen LogP contribution is -2.21. The molecule has 100 valence electrons. The Morgan fingerprint density at radius 2 is 2.00 bits per heavy atom. The molecule has 0 unspecified atom stereocenters. The van der Waals surface area contributed by atoms with Crippen LogP contribution >= 0.6 is 11.6 Å². The largest absolute Gasteiger partial charge is 0.481 e. The zero-order chi connectivity index (χ0) is 14.3. The first-order chi connectivity index (χ1) is 8.84. The second-order valence-electron chi connectivity index (χ2n) is 4.61. The molecular weight excluding hydrogens is 266 g/mol. The topological polar surface area (TPSA) is 59.3 Å². The molecule has 0 aliphatic heterocycles. The Morgan fingerprint density at radius 3 is 2.58 bits per heavy atom. The molecule has 0 saturated carbocycles. The standard InChI is InChI=1S/C14H14ClNO3/c1-7-4-5-10(15)12-13(7)16(3)8(2)9(14(12)19)6-11(17)18/h4-5H,6H2,1-3H3,(H,17,18). The summed E-state index contributed by atoms with van der Waals surface area (Å²) < 4.78 is 1.83. The van der Waals surface area contributed by atoms with Gasteiger partial charge in [0.25, 0.3) is 0 Å². The molecule has 0 aliphatic carbocycles. The van der Waals surface area contributed by atoms with Gasteiger partial charge in [0.2, 0.25) is 0 Å². The van der Waals surface area contributed by atoms with Crippen LogP contribution in [0.3, 0.4) is 0 Å². The Balaban J connectivity index is 3.01. The van der Waals surface area contributed by atoms with Gasteiger partial charge < -0.3 is 9.67 Å². The maximum absolute atomic E-state index is 12.4. The van der Waals surface area contributed by atoms with Gasteiger partial charge >= 0.3 is 5.97 Å². The summed E-state index contributed by atoms with van der Waals surface area (Å²) in [5, 5.41) is 9.67. The highest BCUT2D eigenvalue weighted by Gasteiger charge is 2.17. The predicted octanol–water partition coefficient (Wildman–Crippen LogP) is 2.44. The highest BCUT2D eigenvalue weighted by molar-refractivity contribution is 6.35. The maximum atomic E-state index is 12.4. The summed E-state index contributed by atoms with van der Waals surface area (Å²) in [5.41, 5.74) is 2.34. The number of carboxylic acid groups (broad SMARTS) is 1. The Kier molecular flexibility index (Phi) is 3.37. The van der Waals surface area contributed by atoms with Crippen LogP contribution in [-0.2, 0) is 18.3 Å². The van der Waals surface area contributed by atoms with Crippen molar-refractivity contribution in [3.8, 4) is 0 Å². The van der Waals surface area contributed by atoms with Gasteiger partial charge in [-0.15, -0.1) is 0 Å². The molecule has 0 atom stereocenters. The van der Waals surface area contributed by atoms with Crippen molar-refractivity contribution in [2.45, 2.75) is 20.3 Å². The summed E-state index contributed by atoms with van der Waals surface area (Å²) in [6.45, 7) is 3.65. The molecule has 2 aromatic rings. The molecule has 0 amide bonds. The van der Waals surface area contributed by atoms with E-state index in [9.17, 15) is 9.59 Å². The van der Waals surface area contributed by atoms with Crippen LogP contribution in [0.4, 0.5) is 0 Å². The van der Waals surface area contributed by atoms with Gasteiger partial charge in [0.1, 0.15) is 0 Å². The molecule has 1 aromatic heterocycles. The van der Waals surface area contributed by atoms with Gasteiger partial charge in [0.05, 0.1) is 22.3 Å². The van der Waals surface area contributed by atoms with Gasteiger partial charge in [-0.3, -0.25) is 9.59 Å². The number of pyridine rings is 1. The first-order valence-electron chi connectivity index (χ1n) is 5.83. The fraction of sp³-hybridized carbons (Fsp3) is 0.286. The van der Waals surface area contributed by atoms with E-state index in [4.69, 9.17) is 16.7 Å². The quantitative estimate of drug-likeness (QED) is 0.918. The molecule has 0 fully saturated rings. The second-order valence-corrected chi connectivity index (χ2v) is 5.02. The van der Waals surface area contributed by atoms with Crippen molar-refractivity contribution in [2.24, 2.45) is 7.05 Å². The van der Waals surface area contributed by atoms with Crippen LogP contribution in [0.25, 0.3) is 10.9 Å². The third-order valence-corrected chi connectivity index (χ3v) is 3.75. The fourth-order valence-corrected chi connectivity index (χ4v) is 2.60. The monoisotopic (exact) mass is 279 g/mol. The molecule has 2 rings (SSSR count). The minimum absolute atomic E-state index is 0.287. The van der Waals surface area contributed by atoms with Crippen molar-refractivity contribution in [1.29, 1.82) is 0 Å². The number of hydrogen-bond acceptors (Lipinski definition) is 2. The van der Waals surface area contributed by atoms with Gasteiger partial charge in [-0.1, -0.05) is 17.7 Å². The van der Waals surface area contributed by atoms with Gasteiger partial charge in [-0.05, 0) is 25.5 Å². The van der Waals surface area contributed by atoms with E-state index >= 15 is 0 Å². The van der Waals surface area contributed by atoms with Gasteiger partial charge in [-0.2, -0.15) is 0 Å². The number of aromatic nitrogens is 1. The SMILES string of the molecule is Cc1ccc(Cl)c2c(=O)c(CC(=O)O)c(C)n(C)c12. The highest BCUT2D eigenvalue weighted by atomic mass is 35.5. The maximum Gasteiger partial charge on any atom is 0.308 e. The second kappa shape index (κ2) is 4.70. The minimum Gasteiger partial charge on any atom is -0.481 e. The molecule has 0 aliphatic rings. The summed E-state index contributed by atoms with van der Waals surface area (Å²) in [5.74, 6) is -1.02. The molecule has 0 radical (unpaired) electrons. The van der Waals surface area contributed by atoms with Crippen LogP contribution in [0.15, 0.2) is 16.9 Å². The number of aliphatic carboxylic acids is 1. The van der Waals surface area contributed by atoms with Crippen molar-refractivity contribution in [1.82, 2.24) is 4.57 Å². The number of carboxylic acids is 1. The van der Waals surface area contributed by atoms with Crippen LogP contribution in [0.2, 0.25) is 5.02 Å². The number of benzene rings is 1. The molecule has 1 aromatic carbocycles. The van der Waals surface area contributed by atoms with Crippen molar-refractivity contribution < 1.29 is 9.90 Å². The zero-order valence-corrected chi connectivity index (χ0v) is 11.7. The van der Waals surface area contributed by atoms with Crippen molar-refractivity contribution in [3.05, 3.63) is 44.2 Å². The molecule has 19 heavy (non-hydrogen) atoms. The Hall–Kier alpha value is -1.81. The number of halogens is 1. The lowest BCUT2D eigenvalue weighted by atomic mass is 10.0. The van der Waals surface area contributed by atoms with Gasteiger partial charge in [-0.25, -0.2) is 0 Å². The van der Waals surface area contributed by atoms with E-state index in [0.29, 0.717) is 16.1 Å². The summed E-state index contributed by atoms with van der Waals surface area (Å²) in [7, 11) is 1.81. The number of rotatable bonds is 2. The highest BCUT2D eigenvalue weighted by Crippen LogP contribution is 2.25. The van der Waals surface area contributed by atoms with Gasteiger partial charge in [0.15, 0.2) is 5.43 Å². The summed E-state index contributed by atoms with van der Waals surface area (Å²) in [4.78, 5) is 23.3. The number of aryl methyl sites for hydroxylation is 2. The number of fused-ring (bicyclic) bond motifs is 1. The summed E-state index contributed by atoms with van der Waals surface area (Å²) >= 11 is 6.11. The van der Waals surface area contributed by atoms with E-state index in [-0.39, 0.29) is 17.4 Å². The average Bonchev–Trinajstić information content (AvgIpc) is 2.34. The van der Waals surface area contributed by atoms with Gasteiger partial charge in [0, 0.05) is 18.3 Å². The lowest BCUT2D eigenvalue weighted by Gasteiger charge is -2.16. The first-order valence-corrected chi connectivity index (χ1v) is 6.21. The predicted molar refractivity (Wildman–Crippen MR) is 75.0 cm³/mol. The average molecular weight is 280 g/mol. The van der Waals surface area contributed by atoms with E-state index < -0.39 is 5.97 Å². The molecule has 4 nitrogen and oxygen atoms in total. The molecule has 0 saturated heterocycles. The first kappa shape index (κ1) is 13.6. The van der Waals surface area contributed by atoms with E-state index in [1.54, 1.807) is 13.0 Å².